The van der Waals surface area contributed by atoms with Gasteiger partial charge in [0.1, 0.15) is 0 Å². The Labute approximate surface area is 176 Å². The van der Waals surface area contributed by atoms with Crippen molar-refractivity contribution in [3.8, 4) is 0 Å². The second kappa shape index (κ2) is 24.8. The molecular weight excluding hydrogens is 401 g/mol. The molecule has 156 valence electrons. The van der Waals surface area contributed by atoms with E-state index in [0.717, 1.165) is 29.4 Å². The molecule has 0 heterocycles. The van der Waals surface area contributed by atoms with Gasteiger partial charge in [0.15, 0.2) is 6.16 Å². The average molecular weight is 437 g/mol. The number of carbonyl (C=O) groups excluding carboxylic acids is 1. The van der Waals surface area contributed by atoms with Crippen molar-refractivity contribution in [3.63, 3.8) is 0 Å². The van der Waals surface area contributed by atoms with Crippen molar-refractivity contribution in [3.05, 3.63) is 25.3 Å². The van der Waals surface area contributed by atoms with E-state index in [1.807, 2.05) is 20.8 Å². The summed E-state index contributed by atoms with van der Waals surface area (Å²) < 4.78 is 10.2. The number of rotatable bonds is 11. The third kappa shape index (κ3) is 32.9. The van der Waals surface area contributed by atoms with Crippen LogP contribution in [-0.2, 0) is 9.36 Å². The minimum absolute atomic E-state index is 0.0740. The lowest BCUT2D eigenvalue weighted by molar-refractivity contribution is -0.120. The SMILES string of the molecule is C=CCNC(=O)CC.C=CCNC(=S)CC.CCC(=S)NCCC[P+](=O)O. The summed E-state index contributed by atoms with van der Waals surface area (Å²) in [5.41, 5.74) is 0. The Balaban J connectivity index is -0.000000327. The van der Waals surface area contributed by atoms with E-state index in [4.69, 9.17) is 29.3 Å². The zero-order valence-corrected chi connectivity index (χ0v) is 19.3. The highest BCUT2D eigenvalue weighted by molar-refractivity contribution is 7.80. The first-order valence-corrected chi connectivity index (χ1v) is 11.2. The van der Waals surface area contributed by atoms with Crippen molar-refractivity contribution in [1.82, 2.24) is 16.0 Å². The van der Waals surface area contributed by atoms with Gasteiger partial charge in [0.25, 0.3) is 0 Å². The number of amides is 1. The van der Waals surface area contributed by atoms with Crippen LogP contribution < -0.4 is 16.0 Å². The van der Waals surface area contributed by atoms with Gasteiger partial charge in [-0.1, -0.05) is 57.4 Å². The second-order valence-electron chi connectivity index (χ2n) is 5.03. The van der Waals surface area contributed by atoms with Gasteiger partial charge in [0.2, 0.25) is 5.91 Å². The minimum atomic E-state index is -1.97. The molecule has 0 aromatic carbocycles. The fourth-order valence-corrected chi connectivity index (χ4v) is 1.80. The highest BCUT2D eigenvalue weighted by Crippen LogP contribution is 2.12. The number of hydrogen-bond donors (Lipinski definition) is 4. The summed E-state index contributed by atoms with van der Waals surface area (Å²) in [5, 5.41) is 8.60. The van der Waals surface area contributed by atoms with Crippen LogP contribution in [0.5, 0.6) is 0 Å². The van der Waals surface area contributed by atoms with Gasteiger partial charge in [0.05, 0.1) is 9.98 Å². The van der Waals surface area contributed by atoms with E-state index in [1.54, 1.807) is 12.2 Å². The largest absolute Gasteiger partial charge is 0.505 e. The molecule has 27 heavy (non-hydrogen) atoms. The van der Waals surface area contributed by atoms with Crippen molar-refractivity contribution in [2.24, 2.45) is 0 Å². The zero-order chi connectivity index (χ0) is 21.5. The molecule has 0 aliphatic carbocycles. The third-order valence-electron chi connectivity index (χ3n) is 2.70. The van der Waals surface area contributed by atoms with E-state index in [-0.39, 0.29) is 5.91 Å². The van der Waals surface area contributed by atoms with Gasteiger partial charge in [-0.3, -0.25) is 4.79 Å². The quantitative estimate of drug-likeness (QED) is 0.170. The first-order chi connectivity index (χ1) is 12.8. The van der Waals surface area contributed by atoms with Gasteiger partial charge in [0, 0.05) is 32.5 Å². The summed E-state index contributed by atoms with van der Waals surface area (Å²) in [4.78, 5) is 20.6. The maximum Gasteiger partial charge on any atom is 0.505 e. The lowest BCUT2D eigenvalue weighted by Gasteiger charge is -2.01. The van der Waals surface area contributed by atoms with E-state index in [9.17, 15) is 9.36 Å². The summed E-state index contributed by atoms with van der Waals surface area (Å²) in [6, 6.07) is 0. The molecule has 0 bridgehead atoms. The Morgan fingerprint density at radius 2 is 1.44 bits per heavy atom. The van der Waals surface area contributed by atoms with Gasteiger partial charge >= 0.3 is 8.03 Å². The summed E-state index contributed by atoms with van der Waals surface area (Å²) >= 11 is 9.75. The molecule has 0 saturated carbocycles. The van der Waals surface area contributed by atoms with E-state index in [0.29, 0.717) is 32.1 Å². The molecular formula is C18H35N3O3PS2+. The van der Waals surface area contributed by atoms with Crippen LogP contribution in [0.25, 0.3) is 0 Å². The van der Waals surface area contributed by atoms with Gasteiger partial charge in [-0.05, 0) is 17.4 Å². The first kappa shape index (κ1) is 30.5. The van der Waals surface area contributed by atoms with Gasteiger partial charge < -0.3 is 16.0 Å². The molecule has 0 aliphatic rings. The number of carbonyl (C=O) groups is 1. The normalized spacial score (nSPS) is 9.26. The van der Waals surface area contributed by atoms with Crippen LogP contribution in [0, 0.1) is 0 Å². The van der Waals surface area contributed by atoms with Crippen LogP contribution >= 0.6 is 32.5 Å². The molecule has 0 aromatic rings. The molecule has 1 atom stereocenters. The smallest absolute Gasteiger partial charge is 0.380 e. The number of thiocarbonyl (C=S) groups is 2. The Hall–Kier alpha value is -1.21. The van der Waals surface area contributed by atoms with Crippen molar-refractivity contribution in [2.75, 3.05) is 25.8 Å². The number of hydrogen-bond acceptors (Lipinski definition) is 4. The predicted octanol–water partition coefficient (Wildman–Crippen LogP) is 3.64. The highest BCUT2D eigenvalue weighted by Gasteiger charge is 2.07. The van der Waals surface area contributed by atoms with E-state index in [1.165, 1.54) is 0 Å². The molecule has 0 rings (SSSR count). The number of nitrogens with one attached hydrogen (secondary N) is 3. The maximum atomic E-state index is 10.4. The molecule has 0 fully saturated rings. The Kier molecular flexibility index (Phi) is 28.0. The molecule has 1 amide bonds. The van der Waals surface area contributed by atoms with Gasteiger partial charge in [-0.25, -0.2) is 0 Å². The van der Waals surface area contributed by atoms with E-state index < -0.39 is 8.03 Å². The third-order valence-corrected chi connectivity index (χ3v) is 4.26. The van der Waals surface area contributed by atoms with Crippen LogP contribution in [0.1, 0.15) is 46.5 Å². The standard InChI is InChI=1S/C6H12NO2PS.C6H11NO.C6H11NS/c1-2-6(11)7-4-3-5-10(8)9;2*1-3-5-7-6(8)4-2/h2-5H2,1H3,(H-,7,8,9,11);2*3H,1,4-5H2,2H3,(H,7,8)/p+1. The van der Waals surface area contributed by atoms with Crippen molar-refractivity contribution in [1.29, 1.82) is 0 Å². The second-order valence-corrected chi connectivity index (χ2v) is 7.16. The first-order valence-electron chi connectivity index (χ1n) is 8.94. The fourth-order valence-electron chi connectivity index (χ4n) is 1.19. The topological polar surface area (TPSA) is 90.5 Å². The van der Waals surface area contributed by atoms with Crippen LogP contribution in [-0.4, -0.2) is 46.6 Å². The van der Waals surface area contributed by atoms with Crippen LogP contribution in [0.4, 0.5) is 0 Å². The molecule has 4 N–H and O–H groups in total. The van der Waals surface area contributed by atoms with Crippen molar-refractivity contribution in [2.45, 2.75) is 46.5 Å². The Morgan fingerprint density at radius 1 is 0.963 bits per heavy atom. The Morgan fingerprint density at radius 3 is 1.85 bits per heavy atom. The fraction of sp³-hybridized carbons (Fsp3) is 0.611. The van der Waals surface area contributed by atoms with Crippen molar-refractivity contribution >= 4 is 48.3 Å². The molecule has 0 radical (unpaired) electrons. The van der Waals surface area contributed by atoms with Crippen LogP contribution in [0.3, 0.4) is 0 Å². The monoisotopic (exact) mass is 436 g/mol. The summed E-state index contributed by atoms with van der Waals surface area (Å²) in [6.07, 6.45) is 6.81. The molecule has 9 heteroatoms. The lowest BCUT2D eigenvalue weighted by atomic mass is 10.4. The summed E-state index contributed by atoms with van der Waals surface area (Å²) in [5.74, 6) is 0.0740. The molecule has 1 unspecified atom stereocenters. The van der Waals surface area contributed by atoms with Crippen LogP contribution in [0.2, 0.25) is 0 Å². The molecule has 0 aliphatic heterocycles. The Bertz CT molecular complexity index is 437. The zero-order valence-electron chi connectivity index (χ0n) is 16.8. The molecule has 0 saturated heterocycles. The van der Waals surface area contributed by atoms with Gasteiger partial charge in [-0.2, -0.15) is 4.89 Å². The lowest BCUT2D eigenvalue weighted by Crippen LogP contribution is -2.21. The van der Waals surface area contributed by atoms with Crippen LogP contribution in [0.15, 0.2) is 25.3 Å². The summed E-state index contributed by atoms with van der Waals surface area (Å²) in [6.45, 7) is 14.9. The molecule has 6 nitrogen and oxygen atoms in total. The average Bonchev–Trinajstić information content (AvgIpc) is 2.67. The summed E-state index contributed by atoms with van der Waals surface area (Å²) in [7, 11) is -1.97. The highest BCUT2D eigenvalue weighted by atomic mass is 32.1. The predicted molar refractivity (Wildman–Crippen MR) is 125 cm³/mol. The molecule has 0 spiro atoms. The minimum Gasteiger partial charge on any atom is -0.380 e. The van der Waals surface area contributed by atoms with Crippen molar-refractivity contribution < 1.29 is 14.3 Å². The van der Waals surface area contributed by atoms with E-state index >= 15 is 0 Å². The van der Waals surface area contributed by atoms with Gasteiger partial charge in [-0.15, -0.1) is 13.2 Å². The molecule has 0 aromatic heterocycles. The van der Waals surface area contributed by atoms with E-state index in [2.05, 4.69) is 29.1 Å². The maximum absolute atomic E-state index is 10.4.